The molecular formula is C14H26N4O. The van der Waals surface area contributed by atoms with E-state index in [0.29, 0.717) is 12.1 Å². The fourth-order valence-electron chi connectivity index (χ4n) is 2.84. The maximum atomic E-state index is 6.24. The van der Waals surface area contributed by atoms with Gasteiger partial charge in [-0.3, -0.25) is 0 Å². The van der Waals surface area contributed by atoms with Gasteiger partial charge in [0.15, 0.2) is 0 Å². The Morgan fingerprint density at radius 3 is 2.84 bits per heavy atom. The quantitative estimate of drug-likeness (QED) is 0.819. The first-order valence-electron chi connectivity index (χ1n) is 7.35. The monoisotopic (exact) mass is 266 g/mol. The minimum atomic E-state index is 0.175. The second-order valence-electron chi connectivity index (χ2n) is 5.83. The van der Waals surface area contributed by atoms with Crippen LogP contribution in [0.4, 0.5) is 0 Å². The third-order valence-corrected chi connectivity index (χ3v) is 3.81. The average Bonchev–Trinajstić information content (AvgIpc) is 2.74. The molecule has 5 heteroatoms. The highest BCUT2D eigenvalue weighted by Crippen LogP contribution is 2.33. The molecule has 0 aliphatic heterocycles. The molecular weight excluding hydrogens is 240 g/mol. The molecule has 108 valence electrons. The van der Waals surface area contributed by atoms with Gasteiger partial charge < -0.3 is 10.5 Å². The lowest BCUT2D eigenvalue weighted by molar-refractivity contribution is -0.0281. The second kappa shape index (κ2) is 6.48. The van der Waals surface area contributed by atoms with Gasteiger partial charge in [-0.15, -0.1) is 0 Å². The van der Waals surface area contributed by atoms with Crippen molar-refractivity contribution < 1.29 is 4.74 Å². The van der Waals surface area contributed by atoms with E-state index in [9.17, 15) is 0 Å². The molecule has 1 fully saturated rings. The van der Waals surface area contributed by atoms with E-state index in [1.807, 2.05) is 4.68 Å². The zero-order valence-electron chi connectivity index (χ0n) is 12.2. The minimum absolute atomic E-state index is 0.175. The Kier molecular flexibility index (Phi) is 4.93. The van der Waals surface area contributed by atoms with Crippen molar-refractivity contribution in [3.05, 3.63) is 12.2 Å². The molecule has 1 saturated carbocycles. The average molecular weight is 266 g/mol. The predicted molar refractivity (Wildman–Crippen MR) is 74.8 cm³/mol. The number of hydrogen-bond acceptors (Lipinski definition) is 4. The van der Waals surface area contributed by atoms with Crippen molar-refractivity contribution >= 4 is 0 Å². The van der Waals surface area contributed by atoms with Gasteiger partial charge >= 0.3 is 0 Å². The number of nitrogens with zero attached hydrogens (tertiary/aromatic N) is 3. The van der Waals surface area contributed by atoms with Crippen molar-refractivity contribution in [1.82, 2.24) is 14.8 Å². The Balaban J connectivity index is 1.76. The Morgan fingerprint density at radius 2 is 2.21 bits per heavy atom. The van der Waals surface area contributed by atoms with Crippen LogP contribution in [0.2, 0.25) is 0 Å². The number of nitrogens with two attached hydrogens (primary N) is 1. The van der Waals surface area contributed by atoms with Gasteiger partial charge in [-0.25, -0.2) is 9.67 Å². The van der Waals surface area contributed by atoms with Gasteiger partial charge in [-0.1, -0.05) is 0 Å². The molecule has 1 aliphatic carbocycles. The van der Waals surface area contributed by atoms with E-state index in [1.54, 1.807) is 6.33 Å². The van der Waals surface area contributed by atoms with Gasteiger partial charge in [-0.2, -0.15) is 5.10 Å². The first-order chi connectivity index (χ1) is 9.10. The van der Waals surface area contributed by atoms with Crippen LogP contribution in [0, 0.1) is 5.92 Å². The van der Waals surface area contributed by atoms with Gasteiger partial charge in [-0.05, 0) is 46.0 Å². The molecule has 2 N–H and O–H groups in total. The third kappa shape index (κ3) is 3.76. The van der Waals surface area contributed by atoms with E-state index in [1.165, 1.54) is 12.8 Å². The van der Waals surface area contributed by atoms with Gasteiger partial charge in [0, 0.05) is 25.1 Å². The maximum Gasteiger partial charge on any atom is 0.138 e. The predicted octanol–water partition coefficient (Wildman–Crippen LogP) is 1.93. The molecule has 2 rings (SSSR count). The van der Waals surface area contributed by atoms with E-state index < -0.39 is 0 Å². The van der Waals surface area contributed by atoms with Gasteiger partial charge in [0.25, 0.3) is 0 Å². The lowest BCUT2D eigenvalue weighted by Gasteiger charge is -2.36. The number of hydrogen-bond donors (Lipinski definition) is 1. The van der Waals surface area contributed by atoms with Crippen molar-refractivity contribution in [2.45, 2.75) is 64.6 Å². The highest BCUT2D eigenvalue weighted by molar-refractivity contribution is 4.92. The van der Waals surface area contributed by atoms with E-state index in [0.717, 1.165) is 31.2 Å². The van der Waals surface area contributed by atoms with Gasteiger partial charge in [0.2, 0.25) is 0 Å². The number of aromatic nitrogens is 3. The highest BCUT2D eigenvalue weighted by atomic mass is 16.5. The Bertz CT molecular complexity index is 385. The number of ether oxygens (including phenoxy) is 1. The molecule has 0 amide bonds. The zero-order valence-corrected chi connectivity index (χ0v) is 12.2. The van der Waals surface area contributed by atoms with E-state index in [-0.39, 0.29) is 6.04 Å². The molecule has 19 heavy (non-hydrogen) atoms. The molecule has 1 aromatic heterocycles. The molecule has 1 atom stereocenters. The summed E-state index contributed by atoms with van der Waals surface area (Å²) >= 11 is 0. The SMILES string of the molecule is CCOC1CC(CC(N)Cc2ncnn2C(C)C)C1. The molecule has 0 bridgehead atoms. The fourth-order valence-corrected chi connectivity index (χ4v) is 2.84. The summed E-state index contributed by atoms with van der Waals surface area (Å²) in [5, 5.41) is 4.25. The summed E-state index contributed by atoms with van der Waals surface area (Å²) in [7, 11) is 0. The minimum Gasteiger partial charge on any atom is -0.378 e. The van der Waals surface area contributed by atoms with Crippen LogP contribution in [0.5, 0.6) is 0 Å². The Morgan fingerprint density at radius 1 is 1.47 bits per heavy atom. The van der Waals surface area contributed by atoms with Crippen molar-refractivity contribution in [2.24, 2.45) is 11.7 Å². The summed E-state index contributed by atoms with van der Waals surface area (Å²) in [5.74, 6) is 1.73. The first kappa shape index (κ1) is 14.5. The molecule has 0 saturated heterocycles. The topological polar surface area (TPSA) is 66.0 Å². The van der Waals surface area contributed by atoms with Crippen molar-refractivity contribution in [2.75, 3.05) is 6.61 Å². The maximum absolute atomic E-state index is 6.24. The summed E-state index contributed by atoms with van der Waals surface area (Å²) < 4.78 is 7.54. The van der Waals surface area contributed by atoms with E-state index in [2.05, 4.69) is 30.9 Å². The van der Waals surface area contributed by atoms with Crippen molar-refractivity contribution in [1.29, 1.82) is 0 Å². The lowest BCUT2D eigenvalue weighted by Crippen LogP contribution is -2.37. The third-order valence-electron chi connectivity index (χ3n) is 3.81. The van der Waals surface area contributed by atoms with Crippen LogP contribution in [0.25, 0.3) is 0 Å². The standard InChI is InChI=1S/C14H26N4O/c1-4-19-13-6-11(7-13)5-12(15)8-14-16-9-17-18(14)10(2)3/h9-13H,4-8,15H2,1-3H3. The van der Waals surface area contributed by atoms with Gasteiger partial charge in [0.1, 0.15) is 12.2 Å². The molecule has 0 spiro atoms. The fraction of sp³-hybridized carbons (Fsp3) is 0.857. The van der Waals surface area contributed by atoms with Crippen LogP contribution in [0.1, 0.15) is 51.9 Å². The normalized spacial score (nSPS) is 24.5. The van der Waals surface area contributed by atoms with Crippen molar-refractivity contribution in [3.63, 3.8) is 0 Å². The van der Waals surface area contributed by atoms with E-state index >= 15 is 0 Å². The van der Waals surface area contributed by atoms with Crippen LogP contribution in [0.3, 0.4) is 0 Å². The number of rotatable bonds is 7. The smallest absolute Gasteiger partial charge is 0.138 e. The first-order valence-corrected chi connectivity index (χ1v) is 7.35. The summed E-state index contributed by atoms with van der Waals surface area (Å²) in [6.45, 7) is 7.10. The molecule has 1 heterocycles. The molecule has 1 unspecified atom stereocenters. The summed E-state index contributed by atoms with van der Waals surface area (Å²) in [5.41, 5.74) is 6.24. The molecule has 1 aliphatic rings. The summed E-state index contributed by atoms with van der Waals surface area (Å²) in [6.07, 6.45) is 6.30. The zero-order chi connectivity index (χ0) is 13.8. The lowest BCUT2D eigenvalue weighted by atomic mass is 9.78. The molecule has 5 nitrogen and oxygen atoms in total. The summed E-state index contributed by atoms with van der Waals surface area (Å²) in [6, 6.07) is 0.519. The Labute approximate surface area is 115 Å². The van der Waals surface area contributed by atoms with Crippen LogP contribution < -0.4 is 5.73 Å². The molecule has 0 aromatic carbocycles. The van der Waals surface area contributed by atoms with Gasteiger partial charge in [0.05, 0.1) is 6.10 Å². The van der Waals surface area contributed by atoms with E-state index in [4.69, 9.17) is 10.5 Å². The largest absolute Gasteiger partial charge is 0.378 e. The van der Waals surface area contributed by atoms with Crippen molar-refractivity contribution in [3.8, 4) is 0 Å². The Hall–Kier alpha value is -0.940. The summed E-state index contributed by atoms with van der Waals surface area (Å²) in [4.78, 5) is 4.32. The van der Waals surface area contributed by atoms with Crippen LogP contribution >= 0.6 is 0 Å². The van der Waals surface area contributed by atoms with Crippen LogP contribution in [-0.2, 0) is 11.2 Å². The highest BCUT2D eigenvalue weighted by Gasteiger charge is 2.30. The molecule has 0 radical (unpaired) electrons. The van der Waals surface area contributed by atoms with Crippen LogP contribution in [0.15, 0.2) is 6.33 Å². The second-order valence-corrected chi connectivity index (χ2v) is 5.83. The van der Waals surface area contributed by atoms with Crippen LogP contribution in [-0.4, -0.2) is 33.5 Å². The molecule has 1 aromatic rings.